The summed E-state index contributed by atoms with van der Waals surface area (Å²) in [7, 11) is 1.78. The molecule has 0 radical (unpaired) electrons. The number of hydrogen-bond donors (Lipinski definition) is 3. The number of amides is 1. The molecule has 2 fully saturated rings. The third-order valence-corrected chi connectivity index (χ3v) is 7.71. The number of pyridine rings is 1. The summed E-state index contributed by atoms with van der Waals surface area (Å²) in [5, 5.41) is 6.26. The minimum atomic E-state index is -0.578. The number of nitrogens with zero attached hydrogens (tertiary/aromatic N) is 4. The summed E-state index contributed by atoms with van der Waals surface area (Å²) < 4.78 is 20.7. The van der Waals surface area contributed by atoms with Crippen molar-refractivity contribution in [2.75, 3.05) is 30.4 Å². The van der Waals surface area contributed by atoms with E-state index in [2.05, 4.69) is 20.5 Å². The average Bonchev–Trinajstić information content (AvgIpc) is 3.43. The van der Waals surface area contributed by atoms with Crippen LogP contribution in [0.15, 0.2) is 30.5 Å². The van der Waals surface area contributed by atoms with Crippen LogP contribution in [0.25, 0.3) is 11.1 Å². The van der Waals surface area contributed by atoms with Crippen molar-refractivity contribution in [3.63, 3.8) is 0 Å². The molecule has 2 atom stereocenters. The highest BCUT2D eigenvalue weighted by Crippen LogP contribution is 2.55. The quantitative estimate of drug-likeness (QED) is 0.367. The van der Waals surface area contributed by atoms with Crippen molar-refractivity contribution in [1.29, 1.82) is 0 Å². The summed E-state index contributed by atoms with van der Waals surface area (Å²) in [5.41, 5.74) is 10.8. The summed E-state index contributed by atoms with van der Waals surface area (Å²) in [5.74, 6) is 0.745. The van der Waals surface area contributed by atoms with Gasteiger partial charge in [0.15, 0.2) is 0 Å². The molecular formula is C27H30FN7O2. The largest absolute Gasteiger partial charge is 0.423 e. The Morgan fingerprint density at radius 1 is 1.30 bits per heavy atom. The molecule has 192 valence electrons. The lowest BCUT2D eigenvalue weighted by molar-refractivity contribution is -0.122. The first-order chi connectivity index (χ1) is 17.8. The van der Waals surface area contributed by atoms with E-state index >= 15 is 0 Å². The third-order valence-electron chi connectivity index (χ3n) is 7.71. The van der Waals surface area contributed by atoms with Crippen LogP contribution in [0.4, 0.5) is 15.9 Å². The summed E-state index contributed by atoms with van der Waals surface area (Å²) in [6, 6.07) is 6.35. The van der Waals surface area contributed by atoms with Gasteiger partial charge in [-0.05, 0) is 62.1 Å². The van der Waals surface area contributed by atoms with Gasteiger partial charge in [0, 0.05) is 48.9 Å². The molecular weight excluding hydrogens is 473 g/mol. The number of carbonyl (C=O) groups excluding carboxylic acids is 1. The van der Waals surface area contributed by atoms with Gasteiger partial charge in [0.25, 0.3) is 0 Å². The van der Waals surface area contributed by atoms with Crippen molar-refractivity contribution >= 4 is 17.4 Å². The standard InChI is InChI=1S/C27H30FN7O2/c1-14-4-5-17(11-31-14)37-26-32-21-10-18-19(8-16(28)9-20(18)30-3)23(21)24(34-26)35-12-22(27(13-35)6-7-27)33-25(36)15(2)29/h4-5,8-9,11,15,22,30H,6-7,10,12-13,29H2,1-3H3,(H,33,36)/t15-,22+/m0/s1. The van der Waals surface area contributed by atoms with Crippen LogP contribution in [-0.2, 0) is 11.2 Å². The van der Waals surface area contributed by atoms with Crippen LogP contribution in [0, 0.1) is 18.2 Å². The Balaban J connectivity index is 1.42. The molecule has 9 nitrogen and oxygen atoms in total. The van der Waals surface area contributed by atoms with Crippen LogP contribution in [-0.4, -0.2) is 53.1 Å². The monoisotopic (exact) mass is 503 g/mol. The van der Waals surface area contributed by atoms with E-state index in [9.17, 15) is 9.18 Å². The van der Waals surface area contributed by atoms with E-state index in [1.807, 2.05) is 19.1 Å². The van der Waals surface area contributed by atoms with Gasteiger partial charge < -0.3 is 26.0 Å². The first-order valence-corrected chi connectivity index (χ1v) is 12.6. The summed E-state index contributed by atoms with van der Waals surface area (Å²) in [6.45, 7) is 4.91. The van der Waals surface area contributed by atoms with Crippen molar-refractivity contribution in [3.8, 4) is 22.9 Å². The van der Waals surface area contributed by atoms with Gasteiger partial charge in [0.2, 0.25) is 5.91 Å². The van der Waals surface area contributed by atoms with Crippen LogP contribution in [0.2, 0.25) is 0 Å². The number of carbonyl (C=O) groups is 1. The Morgan fingerprint density at radius 2 is 2.11 bits per heavy atom. The number of aryl methyl sites for hydroxylation is 1. The maximum atomic E-state index is 14.6. The van der Waals surface area contributed by atoms with Crippen LogP contribution in [0.1, 0.15) is 36.7 Å². The van der Waals surface area contributed by atoms with E-state index < -0.39 is 6.04 Å². The SMILES string of the molecule is CNc1cc(F)cc2c1Cc1nc(Oc3ccc(C)nc3)nc(N3C[C@@H](NC(=O)[C@H](C)N)C4(CC4)C3)c1-2. The molecule has 2 aliphatic carbocycles. The molecule has 3 aliphatic rings. The Bertz CT molecular complexity index is 1390. The predicted octanol–water partition coefficient (Wildman–Crippen LogP) is 3.16. The van der Waals surface area contributed by atoms with Gasteiger partial charge >= 0.3 is 6.01 Å². The highest BCUT2D eigenvalue weighted by molar-refractivity contribution is 5.88. The zero-order chi connectivity index (χ0) is 25.9. The Labute approximate surface area is 214 Å². The fourth-order valence-corrected chi connectivity index (χ4v) is 5.51. The van der Waals surface area contributed by atoms with Crippen LogP contribution >= 0.6 is 0 Å². The lowest BCUT2D eigenvalue weighted by atomic mass is 10.0. The second-order valence-corrected chi connectivity index (χ2v) is 10.4. The number of benzene rings is 1. The van der Waals surface area contributed by atoms with E-state index in [4.69, 9.17) is 20.4 Å². The molecule has 10 heteroatoms. The Hall–Kier alpha value is -3.79. The number of rotatable bonds is 6. The molecule has 1 saturated carbocycles. The Kier molecular flexibility index (Phi) is 5.52. The maximum Gasteiger partial charge on any atom is 0.324 e. The maximum absolute atomic E-state index is 14.6. The van der Waals surface area contributed by atoms with E-state index in [0.29, 0.717) is 24.5 Å². The normalized spacial score (nSPS) is 19.4. The van der Waals surface area contributed by atoms with E-state index in [-0.39, 0.29) is 29.2 Å². The molecule has 2 aromatic heterocycles. The van der Waals surface area contributed by atoms with Crippen molar-refractivity contribution < 1.29 is 13.9 Å². The molecule has 1 aromatic carbocycles. The Morgan fingerprint density at radius 3 is 2.78 bits per heavy atom. The fourth-order valence-electron chi connectivity index (χ4n) is 5.51. The fraction of sp³-hybridized carbons (Fsp3) is 0.407. The van der Waals surface area contributed by atoms with Gasteiger partial charge in [0.1, 0.15) is 17.4 Å². The first-order valence-electron chi connectivity index (χ1n) is 12.6. The number of hydrogen-bond acceptors (Lipinski definition) is 8. The number of halogens is 1. The van der Waals surface area contributed by atoms with E-state index in [1.54, 1.807) is 26.2 Å². The number of nitrogens with one attached hydrogen (secondary N) is 2. The summed E-state index contributed by atoms with van der Waals surface area (Å²) in [4.78, 5) is 28.5. The molecule has 3 heterocycles. The molecule has 3 aromatic rings. The van der Waals surface area contributed by atoms with Gasteiger partial charge in [-0.2, -0.15) is 9.97 Å². The van der Waals surface area contributed by atoms with Crippen molar-refractivity contribution in [2.24, 2.45) is 11.1 Å². The molecule has 1 spiro atoms. The lowest BCUT2D eigenvalue weighted by Crippen LogP contribution is -2.47. The molecule has 1 saturated heterocycles. The van der Waals surface area contributed by atoms with Crippen molar-refractivity contribution in [2.45, 2.75) is 45.2 Å². The van der Waals surface area contributed by atoms with Crippen LogP contribution < -0.4 is 26.0 Å². The van der Waals surface area contributed by atoms with E-state index in [0.717, 1.165) is 53.2 Å². The minimum Gasteiger partial charge on any atom is -0.423 e. The van der Waals surface area contributed by atoms with Crippen LogP contribution in [0.5, 0.6) is 11.8 Å². The summed E-state index contributed by atoms with van der Waals surface area (Å²) >= 11 is 0. The minimum absolute atomic E-state index is 0.0101. The van der Waals surface area contributed by atoms with E-state index in [1.165, 1.54) is 6.07 Å². The first kappa shape index (κ1) is 23.6. The molecule has 1 amide bonds. The van der Waals surface area contributed by atoms with Gasteiger partial charge in [-0.25, -0.2) is 4.39 Å². The highest BCUT2D eigenvalue weighted by atomic mass is 19.1. The van der Waals surface area contributed by atoms with Crippen molar-refractivity contribution in [1.82, 2.24) is 20.3 Å². The lowest BCUT2D eigenvalue weighted by Gasteiger charge is -2.22. The average molecular weight is 504 g/mol. The highest BCUT2D eigenvalue weighted by Gasteiger charge is 2.56. The zero-order valence-electron chi connectivity index (χ0n) is 21.1. The molecule has 4 N–H and O–H groups in total. The third kappa shape index (κ3) is 4.15. The number of fused-ring (bicyclic) bond motifs is 3. The second kappa shape index (κ2) is 8.65. The molecule has 0 bridgehead atoms. The van der Waals surface area contributed by atoms with Crippen molar-refractivity contribution in [3.05, 3.63) is 53.2 Å². The zero-order valence-corrected chi connectivity index (χ0v) is 21.1. The van der Waals surface area contributed by atoms with Gasteiger partial charge in [-0.1, -0.05) is 0 Å². The molecule has 37 heavy (non-hydrogen) atoms. The predicted molar refractivity (Wildman–Crippen MR) is 138 cm³/mol. The number of aromatic nitrogens is 3. The summed E-state index contributed by atoms with van der Waals surface area (Å²) in [6.07, 6.45) is 4.22. The smallest absolute Gasteiger partial charge is 0.324 e. The second-order valence-electron chi connectivity index (χ2n) is 10.4. The van der Waals surface area contributed by atoms with Gasteiger partial charge in [0.05, 0.1) is 24.0 Å². The molecule has 0 unspecified atom stereocenters. The van der Waals surface area contributed by atoms with Gasteiger partial charge in [-0.15, -0.1) is 0 Å². The molecule has 1 aliphatic heterocycles. The topological polar surface area (TPSA) is 118 Å². The number of nitrogens with two attached hydrogens (primary N) is 1. The number of anilines is 2. The number of ether oxygens (including phenoxy) is 1. The van der Waals surface area contributed by atoms with Gasteiger partial charge in [-0.3, -0.25) is 9.78 Å². The molecule has 6 rings (SSSR count). The van der Waals surface area contributed by atoms with Crippen LogP contribution in [0.3, 0.4) is 0 Å².